The van der Waals surface area contributed by atoms with Crippen LogP contribution in [0.25, 0.3) is 0 Å². The maximum absolute atomic E-state index is 4.01. The highest BCUT2D eigenvalue weighted by Gasteiger charge is 2.24. The minimum atomic E-state index is 0.441. The predicted molar refractivity (Wildman–Crippen MR) is 47.9 cm³/mol. The van der Waals surface area contributed by atoms with Crippen molar-refractivity contribution in [1.29, 1.82) is 0 Å². The van der Waals surface area contributed by atoms with E-state index in [9.17, 15) is 0 Å². The number of aromatic amines is 1. The van der Waals surface area contributed by atoms with Crippen LogP contribution in [-0.4, -0.2) is 16.2 Å². The standard InChI is InChI=1S/C9H15N3/c1-6(11-8-3-4-8)9-5-10-12-7(9)2/h5-6,8,11H,3-4H2,1-2H3,(H,10,12). The number of nitrogens with zero attached hydrogens (tertiary/aromatic N) is 1. The van der Waals surface area contributed by atoms with Crippen molar-refractivity contribution in [2.24, 2.45) is 0 Å². The van der Waals surface area contributed by atoms with Gasteiger partial charge in [-0.15, -0.1) is 0 Å². The zero-order chi connectivity index (χ0) is 8.55. The summed E-state index contributed by atoms with van der Waals surface area (Å²) in [5.74, 6) is 0. The molecule has 1 fully saturated rings. The van der Waals surface area contributed by atoms with Crippen molar-refractivity contribution in [1.82, 2.24) is 15.5 Å². The van der Waals surface area contributed by atoms with Gasteiger partial charge in [-0.05, 0) is 26.7 Å². The van der Waals surface area contributed by atoms with Crippen LogP contribution in [0.1, 0.15) is 37.1 Å². The summed E-state index contributed by atoms with van der Waals surface area (Å²) in [6.07, 6.45) is 4.58. The first-order chi connectivity index (χ1) is 5.77. The second-order valence-electron chi connectivity index (χ2n) is 3.61. The average Bonchev–Trinajstić information content (AvgIpc) is 2.72. The Kier molecular flexibility index (Phi) is 1.89. The second-order valence-corrected chi connectivity index (χ2v) is 3.61. The SMILES string of the molecule is Cc1[nH]ncc1C(C)NC1CC1. The predicted octanol–water partition coefficient (Wildman–Crippen LogP) is 1.53. The quantitative estimate of drug-likeness (QED) is 0.713. The normalized spacial score (nSPS) is 19.5. The molecule has 1 aromatic rings. The fraction of sp³-hybridized carbons (Fsp3) is 0.667. The highest BCUT2D eigenvalue weighted by Crippen LogP contribution is 2.24. The van der Waals surface area contributed by atoms with Gasteiger partial charge in [-0.1, -0.05) is 0 Å². The third kappa shape index (κ3) is 1.50. The molecular formula is C9H15N3. The van der Waals surface area contributed by atoms with E-state index in [-0.39, 0.29) is 0 Å². The summed E-state index contributed by atoms with van der Waals surface area (Å²) in [6.45, 7) is 4.25. The van der Waals surface area contributed by atoms with Gasteiger partial charge >= 0.3 is 0 Å². The van der Waals surface area contributed by atoms with Crippen molar-refractivity contribution in [2.75, 3.05) is 0 Å². The molecule has 0 saturated heterocycles. The molecule has 12 heavy (non-hydrogen) atoms. The lowest BCUT2D eigenvalue weighted by Crippen LogP contribution is -2.20. The van der Waals surface area contributed by atoms with Gasteiger partial charge < -0.3 is 5.32 Å². The first-order valence-corrected chi connectivity index (χ1v) is 4.53. The fourth-order valence-electron chi connectivity index (χ4n) is 1.49. The van der Waals surface area contributed by atoms with E-state index in [1.54, 1.807) is 0 Å². The van der Waals surface area contributed by atoms with Crippen molar-refractivity contribution in [2.45, 2.75) is 38.8 Å². The van der Waals surface area contributed by atoms with E-state index in [1.807, 2.05) is 6.20 Å². The summed E-state index contributed by atoms with van der Waals surface area (Å²) in [5, 5.41) is 10.5. The molecule has 1 aliphatic carbocycles. The van der Waals surface area contributed by atoms with E-state index in [4.69, 9.17) is 0 Å². The second kappa shape index (κ2) is 2.90. The van der Waals surface area contributed by atoms with Crippen molar-refractivity contribution >= 4 is 0 Å². The highest BCUT2D eigenvalue weighted by atomic mass is 15.1. The molecule has 1 unspecified atom stereocenters. The molecule has 1 aliphatic rings. The van der Waals surface area contributed by atoms with Crippen LogP contribution in [0, 0.1) is 6.92 Å². The Morgan fingerprint density at radius 3 is 2.92 bits per heavy atom. The summed E-state index contributed by atoms with van der Waals surface area (Å²) in [6, 6.07) is 1.20. The van der Waals surface area contributed by atoms with E-state index >= 15 is 0 Å². The molecule has 66 valence electrons. The number of nitrogens with one attached hydrogen (secondary N) is 2. The van der Waals surface area contributed by atoms with Crippen LogP contribution in [0.2, 0.25) is 0 Å². The van der Waals surface area contributed by atoms with Crippen LogP contribution < -0.4 is 5.32 Å². The van der Waals surface area contributed by atoms with Gasteiger partial charge in [0.2, 0.25) is 0 Å². The summed E-state index contributed by atoms with van der Waals surface area (Å²) in [4.78, 5) is 0. The molecule has 2 N–H and O–H groups in total. The maximum Gasteiger partial charge on any atom is 0.0537 e. The van der Waals surface area contributed by atoms with Gasteiger partial charge in [-0.25, -0.2) is 0 Å². The van der Waals surface area contributed by atoms with Crippen LogP contribution in [0.3, 0.4) is 0 Å². The van der Waals surface area contributed by atoms with Gasteiger partial charge in [0.1, 0.15) is 0 Å². The zero-order valence-electron chi connectivity index (χ0n) is 7.59. The number of hydrogen-bond acceptors (Lipinski definition) is 2. The van der Waals surface area contributed by atoms with Gasteiger partial charge in [0.05, 0.1) is 6.20 Å². The molecule has 3 nitrogen and oxygen atoms in total. The van der Waals surface area contributed by atoms with Crippen molar-refractivity contribution < 1.29 is 0 Å². The third-order valence-electron chi connectivity index (χ3n) is 2.40. The molecule has 0 radical (unpaired) electrons. The van der Waals surface area contributed by atoms with Gasteiger partial charge in [0.15, 0.2) is 0 Å². The zero-order valence-corrected chi connectivity index (χ0v) is 7.59. The molecule has 1 atom stereocenters. The minimum absolute atomic E-state index is 0.441. The summed E-state index contributed by atoms with van der Waals surface area (Å²) >= 11 is 0. The number of aromatic nitrogens is 2. The third-order valence-corrected chi connectivity index (χ3v) is 2.40. The van der Waals surface area contributed by atoms with Crippen molar-refractivity contribution in [3.63, 3.8) is 0 Å². The topological polar surface area (TPSA) is 40.7 Å². The van der Waals surface area contributed by atoms with E-state index in [1.165, 1.54) is 24.1 Å². The average molecular weight is 165 g/mol. The molecule has 0 amide bonds. The lowest BCUT2D eigenvalue weighted by molar-refractivity contribution is 0.569. The van der Waals surface area contributed by atoms with Crippen LogP contribution in [0.5, 0.6) is 0 Å². The molecule has 1 heterocycles. The summed E-state index contributed by atoms with van der Waals surface area (Å²) in [7, 11) is 0. The first-order valence-electron chi connectivity index (χ1n) is 4.53. The number of H-pyrrole nitrogens is 1. The van der Waals surface area contributed by atoms with Gasteiger partial charge in [0, 0.05) is 23.3 Å². The molecule has 2 rings (SSSR count). The Hall–Kier alpha value is -0.830. The summed E-state index contributed by atoms with van der Waals surface area (Å²) < 4.78 is 0. The van der Waals surface area contributed by atoms with Crippen molar-refractivity contribution in [3.05, 3.63) is 17.5 Å². The lowest BCUT2D eigenvalue weighted by Gasteiger charge is -2.11. The monoisotopic (exact) mass is 165 g/mol. The molecule has 0 spiro atoms. The van der Waals surface area contributed by atoms with Gasteiger partial charge in [-0.2, -0.15) is 5.10 Å². The molecule has 1 aromatic heterocycles. The fourth-order valence-corrected chi connectivity index (χ4v) is 1.49. The van der Waals surface area contributed by atoms with E-state index in [0.717, 1.165) is 6.04 Å². The highest BCUT2D eigenvalue weighted by molar-refractivity contribution is 5.18. The van der Waals surface area contributed by atoms with Crippen LogP contribution in [-0.2, 0) is 0 Å². The molecule has 3 heteroatoms. The Morgan fingerprint density at radius 1 is 1.67 bits per heavy atom. The maximum atomic E-state index is 4.01. The van der Waals surface area contributed by atoms with Crippen LogP contribution >= 0.6 is 0 Å². The smallest absolute Gasteiger partial charge is 0.0537 e. The Bertz CT molecular complexity index is 262. The molecular weight excluding hydrogens is 150 g/mol. The largest absolute Gasteiger partial charge is 0.307 e. The number of hydrogen-bond donors (Lipinski definition) is 2. The molecule has 0 aromatic carbocycles. The first kappa shape index (κ1) is 7.80. The molecule has 0 bridgehead atoms. The number of aryl methyl sites for hydroxylation is 1. The van der Waals surface area contributed by atoms with E-state index in [2.05, 4.69) is 29.4 Å². The van der Waals surface area contributed by atoms with Gasteiger partial charge in [-0.3, -0.25) is 5.10 Å². The molecule has 1 saturated carbocycles. The van der Waals surface area contributed by atoms with Crippen LogP contribution in [0.15, 0.2) is 6.20 Å². The van der Waals surface area contributed by atoms with E-state index in [0.29, 0.717) is 6.04 Å². The minimum Gasteiger partial charge on any atom is -0.307 e. The van der Waals surface area contributed by atoms with E-state index < -0.39 is 0 Å². The Labute approximate surface area is 72.6 Å². The Balaban J connectivity index is 2.02. The lowest BCUT2D eigenvalue weighted by atomic mass is 10.1. The Morgan fingerprint density at radius 2 is 2.42 bits per heavy atom. The summed E-state index contributed by atoms with van der Waals surface area (Å²) in [5.41, 5.74) is 2.47. The molecule has 0 aliphatic heterocycles. The van der Waals surface area contributed by atoms with Crippen molar-refractivity contribution in [3.8, 4) is 0 Å². The van der Waals surface area contributed by atoms with Crippen LogP contribution in [0.4, 0.5) is 0 Å². The van der Waals surface area contributed by atoms with Gasteiger partial charge in [0.25, 0.3) is 0 Å². The number of rotatable bonds is 3.